The van der Waals surface area contributed by atoms with E-state index in [0.29, 0.717) is 48.1 Å². The van der Waals surface area contributed by atoms with E-state index in [1.54, 1.807) is 16.7 Å². The van der Waals surface area contributed by atoms with Crippen molar-refractivity contribution in [3.63, 3.8) is 0 Å². The smallest absolute Gasteiger partial charge is 0.262 e. The van der Waals surface area contributed by atoms with Gasteiger partial charge in [0.1, 0.15) is 0 Å². The molecule has 1 fully saturated rings. The summed E-state index contributed by atoms with van der Waals surface area (Å²) in [6.45, 7) is 4.33. The highest BCUT2D eigenvalue weighted by molar-refractivity contribution is 5.82. The van der Waals surface area contributed by atoms with Gasteiger partial charge in [-0.05, 0) is 6.07 Å². The Morgan fingerprint density at radius 3 is 2.52 bits per heavy atom. The lowest BCUT2D eigenvalue weighted by Crippen LogP contribution is -2.40. The zero-order chi connectivity index (χ0) is 17.8. The van der Waals surface area contributed by atoms with Crippen molar-refractivity contribution in [1.29, 1.82) is 0 Å². The van der Waals surface area contributed by atoms with Gasteiger partial charge < -0.3 is 14.2 Å². The van der Waals surface area contributed by atoms with Gasteiger partial charge in [0.2, 0.25) is 5.95 Å². The van der Waals surface area contributed by atoms with Crippen LogP contribution in [-0.4, -0.2) is 61.5 Å². The lowest BCUT2D eigenvalue weighted by molar-refractivity contribution is 0.0363. The first-order chi connectivity index (χ1) is 12.2. The lowest BCUT2D eigenvalue weighted by Gasteiger charge is -2.27. The summed E-state index contributed by atoms with van der Waals surface area (Å²) in [5, 5.41) is 0.457. The number of hydrazine groups is 1. The molecule has 0 unspecified atom stereocenters. The number of nitrogens with one attached hydrogen (secondary N) is 1. The molecular weight excluding hydrogens is 326 g/mol. The summed E-state index contributed by atoms with van der Waals surface area (Å²) < 4.78 is 17.4. The van der Waals surface area contributed by atoms with Crippen molar-refractivity contribution in [2.24, 2.45) is 5.84 Å². The van der Waals surface area contributed by atoms with E-state index in [4.69, 9.17) is 20.1 Å². The molecule has 0 bridgehead atoms. The van der Waals surface area contributed by atoms with Gasteiger partial charge in [-0.2, -0.15) is 0 Å². The molecule has 9 heteroatoms. The third-order valence-corrected chi connectivity index (χ3v) is 4.33. The van der Waals surface area contributed by atoms with Gasteiger partial charge in [-0.1, -0.05) is 0 Å². The number of methoxy groups -OCH3 is 2. The lowest BCUT2D eigenvalue weighted by atomic mass is 10.2. The Balaban J connectivity index is 1.98. The number of nitrogens with two attached hydrogens (primary N) is 1. The molecule has 2 heterocycles. The summed E-state index contributed by atoms with van der Waals surface area (Å²) in [5.74, 6) is 6.90. The van der Waals surface area contributed by atoms with Gasteiger partial charge in [-0.25, -0.2) is 10.8 Å². The largest absolute Gasteiger partial charge is 0.493 e. The van der Waals surface area contributed by atoms with Gasteiger partial charge in [0, 0.05) is 32.2 Å². The van der Waals surface area contributed by atoms with Crippen LogP contribution in [0.3, 0.4) is 0 Å². The highest BCUT2D eigenvalue weighted by atomic mass is 16.5. The van der Waals surface area contributed by atoms with E-state index >= 15 is 0 Å². The zero-order valence-electron chi connectivity index (χ0n) is 14.4. The molecule has 1 saturated heterocycles. The molecule has 1 aromatic carbocycles. The summed E-state index contributed by atoms with van der Waals surface area (Å²) in [7, 11) is 3.07. The standard InChI is InChI=1S/C16H23N5O4/c1-23-13-9-11-12(10-14(13)24-2)18-16(19-17)21(15(11)22)4-3-20-5-7-25-8-6-20/h9-10H,3-8,17H2,1-2H3,(H,18,19). The molecule has 1 aromatic heterocycles. The number of benzene rings is 1. The van der Waals surface area contributed by atoms with Crippen LogP contribution in [0.4, 0.5) is 5.95 Å². The normalized spacial score (nSPS) is 15.3. The molecule has 0 spiro atoms. The zero-order valence-corrected chi connectivity index (χ0v) is 14.4. The molecular formula is C16H23N5O4. The van der Waals surface area contributed by atoms with Gasteiger partial charge >= 0.3 is 0 Å². The maximum Gasteiger partial charge on any atom is 0.262 e. The Bertz CT molecular complexity index is 801. The van der Waals surface area contributed by atoms with Crippen molar-refractivity contribution in [2.45, 2.75) is 6.54 Å². The molecule has 0 radical (unpaired) electrons. The Morgan fingerprint density at radius 1 is 1.20 bits per heavy atom. The number of morpholine rings is 1. The number of hydrogen-bond acceptors (Lipinski definition) is 8. The number of hydrogen-bond donors (Lipinski definition) is 2. The number of nitrogens with zero attached hydrogens (tertiary/aromatic N) is 3. The van der Waals surface area contributed by atoms with Gasteiger partial charge in [-0.3, -0.25) is 19.7 Å². The minimum Gasteiger partial charge on any atom is -0.493 e. The molecule has 1 aliphatic heterocycles. The van der Waals surface area contributed by atoms with Crippen LogP contribution in [0.2, 0.25) is 0 Å². The fraction of sp³-hybridized carbons (Fsp3) is 0.500. The van der Waals surface area contributed by atoms with E-state index in [1.807, 2.05) is 0 Å². The summed E-state index contributed by atoms with van der Waals surface area (Å²) in [4.78, 5) is 19.6. The number of aromatic nitrogens is 2. The topological polar surface area (TPSA) is 104 Å². The molecule has 0 aliphatic carbocycles. The summed E-state index contributed by atoms with van der Waals surface area (Å²) in [6, 6.07) is 3.32. The Kier molecular flexibility index (Phi) is 5.37. The maximum absolute atomic E-state index is 12.9. The van der Waals surface area contributed by atoms with Crippen LogP contribution in [0, 0.1) is 0 Å². The van der Waals surface area contributed by atoms with E-state index in [2.05, 4.69) is 15.3 Å². The van der Waals surface area contributed by atoms with Crippen LogP contribution >= 0.6 is 0 Å². The number of fused-ring (bicyclic) bond motifs is 1. The van der Waals surface area contributed by atoms with E-state index in [0.717, 1.165) is 19.6 Å². The summed E-state index contributed by atoms with van der Waals surface area (Å²) >= 11 is 0. The number of nitrogen functional groups attached to an aromatic ring is 1. The van der Waals surface area contributed by atoms with Crippen LogP contribution in [0.15, 0.2) is 16.9 Å². The first-order valence-corrected chi connectivity index (χ1v) is 8.11. The Morgan fingerprint density at radius 2 is 1.88 bits per heavy atom. The first-order valence-electron chi connectivity index (χ1n) is 8.11. The van der Waals surface area contributed by atoms with Gasteiger partial charge in [-0.15, -0.1) is 0 Å². The van der Waals surface area contributed by atoms with Crippen molar-refractivity contribution in [3.05, 3.63) is 22.5 Å². The highest BCUT2D eigenvalue weighted by Crippen LogP contribution is 2.30. The van der Waals surface area contributed by atoms with Crippen LogP contribution in [0.5, 0.6) is 11.5 Å². The van der Waals surface area contributed by atoms with E-state index in [9.17, 15) is 4.79 Å². The molecule has 3 rings (SSSR count). The minimum atomic E-state index is -0.174. The molecule has 3 N–H and O–H groups in total. The van der Waals surface area contributed by atoms with Gasteiger partial charge in [0.15, 0.2) is 11.5 Å². The predicted molar refractivity (Wildman–Crippen MR) is 94.2 cm³/mol. The van der Waals surface area contributed by atoms with Gasteiger partial charge in [0.25, 0.3) is 5.56 Å². The van der Waals surface area contributed by atoms with Crippen molar-refractivity contribution in [1.82, 2.24) is 14.5 Å². The quantitative estimate of drug-likeness (QED) is 0.556. The third kappa shape index (κ3) is 3.53. The number of rotatable bonds is 6. The summed E-state index contributed by atoms with van der Waals surface area (Å²) in [5.41, 5.74) is 2.84. The molecule has 136 valence electrons. The Hall–Kier alpha value is -2.36. The molecule has 2 aromatic rings. The fourth-order valence-electron chi connectivity index (χ4n) is 2.93. The van der Waals surface area contributed by atoms with E-state index in [1.165, 1.54) is 14.2 Å². The number of anilines is 1. The second kappa shape index (κ2) is 7.68. The maximum atomic E-state index is 12.9. The van der Waals surface area contributed by atoms with Crippen molar-refractivity contribution in [3.8, 4) is 11.5 Å². The average Bonchev–Trinajstić information content (AvgIpc) is 2.66. The van der Waals surface area contributed by atoms with E-state index in [-0.39, 0.29) is 5.56 Å². The second-order valence-electron chi connectivity index (χ2n) is 5.71. The molecule has 0 amide bonds. The highest BCUT2D eigenvalue weighted by Gasteiger charge is 2.16. The minimum absolute atomic E-state index is 0.174. The average molecular weight is 349 g/mol. The second-order valence-corrected chi connectivity index (χ2v) is 5.71. The fourth-order valence-corrected chi connectivity index (χ4v) is 2.93. The van der Waals surface area contributed by atoms with Crippen LogP contribution < -0.4 is 26.3 Å². The van der Waals surface area contributed by atoms with Crippen molar-refractivity contribution >= 4 is 16.9 Å². The number of ether oxygens (including phenoxy) is 3. The molecule has 25 heavy (non-hydrogen) atoms. The summed E-state index contributed by atoms with van der Waals surface area (Å²) in [6.07, 6.45) is 0. The molecule has 0 saturated carbocycles. The van der Waals surface area contributed by atoms with Gasteiger partial charge in [0.05, 0.1) is 38.3 Å². The molecule has 1 aliphatic rings. The van der Waals surface area contributed by atoms with Crippen molar-refractivity contribution < 1.29 is 14.2 Å². The van der Waals surface area contributed by atoms with Crippen LogP contribution in [0.1, 0.15) is 0 Å². The van der Waals surface area contributed by atoms with Crippen LogP contribution in [0.25, 0.3) is 10.9 Å². The first kappa shape index (κ1) is 17.5. The molecule has 9 nitrogen and oxygen atoms in total. The predicted octanol–water partition coefficient (Wildman–Crippen LogP) is 0.0315. The van der Waals surface area contributed by atoms with Crippen LogP contribution in [-0.2, 0) is 11.3 Å². The monoisotopic (exact) mass is 349 g/mol. The van der Waals surface area contributed by atoms with E-state index < -0.39 is 0 Å². The third-order valence-electron chi connectivity index (χ3n) is 4.33. The SMILES string of the molecule is COc1cc2nc(NN)n(CCN3CCOCC3)c(=O)c2cc1OC. The molecule has 0 atom stereocenters. The Labute approximate surface area is 145 Å². The van der Waals surface area contributed by atoms with Crippen molar-refractivity contribution in [2.75, 3.05) is 52.5 Å².